The van der Waals surface area contributed by atoms with Gasteiger partial charge in [-0.25, -0.2) is 13.4 Å². The Kier molecular flexibility index (Phi) is 5.06. The van der Waals surface area contributed by atoms with Gasteiger partial charge in [0.05, 0.1) is 10.6 Å². The summed E-state index contributed by atoms with van der Waals surface area (Å²) in [7, 11) is -3.86. The van der Waals surface area contributed by atoms with Crippen LogP contribution in [0.25, 0.3) is 0 Å². The van der Waals surface area contributed by atoms with E-state index in [2.05, 4.69) is 14.7 Å². The molecule has 0 aliphatic rings. The lowest BCUT2D eigenvalue weighted by molar-refractivity contribution is -0.115. The number of hydrogen-bond acceptors (Lipinski definition) is 6. The fraction of sp³-hybridized carbons (Fsp3) is 0.154. The maximum atomic E-state index is 12.3. The molecule has 8 nitrogen and oxygen atoms in total. The number of thioether (sulfide) groups is 1. The largest absolute Gasteiger partial charge is 0.369 e. The van der Waals surface area contributed by atoms with Crippen LogP contribution in [0.4, 0.5) is 5.82 Å². The lowest BCUT2D eigenvalue weighted by atomic mass is 10.2. The Morgan fingerprint density at radius 3 is 2.61 bits per heavy atom. The first-order valence-electron chi connectivity index (χ1n) is 6.38. The summed E-state index contributed by atoms with van der Waals surface area (Å²) in [6, 6.07) is 7.24. The van der Waals surface area contributed by atoms with Crippen molar-refractivity contribution in [3.05, 3.63) is 46.2 Å². The van der Waals surface area contributed by atoms with Gasteiger partial charge >= 0.3 is 0 Å². The van der Waals surface area contributed by atoms with Gasteiger partial charge in [0.15, 0.2) is 5.16 Å². The van der Waals surface area contributed by atoms with Crippen molar-refractivity contribution in [3.63, 3.8) is 0 Å². The fourth-order valence-corrected chi connectivity index (χ4v) is 3.22. The van der Waals surface area contributed by atoms with Gasteiger partial charge in [-0.2, -0.15) is 0 Å². The number of aryl methyl sites for hydroxylation is 1. The molecule has 0 fully saturated rings. The highest BCUT2D eigenvalue weighted by molar-refractivity contribution is 7.99. The topological polar surface area (TPSA) is 135 Å². The maximum Gasteiger partial charge on any atom is 0.263 e. The Labute approximate surface area is 136 Å². The first kappa shape index (κ1) is 17.0. The first-order chi connectivity index (χ1) is 10.8. The molecule has 0 saturated heterocycles. The number of nitrogens with two attached hydrogens (primary N) is 1. The van der Waals surface area contributed by atoms with Crippen molar-refractivity contribution in [2.45, 2.75) is 17.0 Å². The van der Waals surface area contributed by atoms with Crippen LogP contribution in [0, 0.1) is 6.92 Å². The summed E-state index contributed by atoms with van der Waals surface area (Å²) in [5.41, 5.74) is 5.39. The number of nitrogens with zero attached hydrogens (tertiary/aromatic N) is 1. The van der Waals surface area contributed by atoms with Crippen LogP contribution in [0.3, 0.4) is 0 Å². The van der Waals surface area contributed by atoms with E-state index < -0.39 is 21.5 Å². The average Bonchev–Trinajstić information content (AvgIpc) is 2.44. The predicted molar refractivity (Wildman–Crippen MR) is 86.8 cm³/mol. The van der Waals surface area contributed by atoms with E-state index in [0.717, 1.165) is 23.4 Å². The van der Waals surface area contributed by atoms with Gasteiger partial charge in [-0.05, 0) is 19.1 Å². The summed E-state index contributed by atoms with van der Waals surface area (Å²) >= 11 is 0.905. The molecule has 0 aliphatic carbocycles. The number of aromatic nitrogens is 2. The summed E-state index contributed by atoms with van der Waals surface area (Å²) in [5, 5.41) is 0.0953. The highest BCUT2D eigenvalue weighted by Gasteiger charge is 2.15. The molecule has 2 aromatic rings. The monoisotopic (exact) mass is 354 g/mol. The van der Waals surface area contributed by atoms with Crippen LogP contribution < -0.4 is 16.0 Å². The molecule has 10 heteroatoms. The Morgan fingerprint density at radius 1 is 1.35 bits per heavy atom. The number of carbonyl (C=O) groups excluding carboxylic acids is 1. The summed E-state index contributed by atoms with van der Waals surface area (Å²) in [6.45, 7) is 1.84. The zero-order chi connectivity index (χ0) is 17.0. The standard InChI is InChI=1S/C13H14N4O4S2/c1-8-2-4-9(5-3-8)23(20,21)17-11-6-12(19)16-13(15-11)22-7-10(14)18/h2-6H,7H2,1H3,(H2,14,18)(H2,15,16,17,19). The third-order valence-electron chi connectivity index (χ3n) is 2.64. The summed E-state index contributed by atoms with van der Waals surface area (Å²) in [6.07, 6.45) is 0. The number of sulfonamides is 1. The van der Waals surface area contributed by atoms with Crippen molar-refractivity contribution < 1.29 is 13.2 Å². The Hall–Kier alpha value is -2.33. The van der Waals surface area contributed by atoms with Crippen LogP contribution >= 0.6 is 11.8 Å². The summed E-state index contributed by atoms with van der Waals surface area (Å²) < 4.78 is 26.7. The Morgan fingerprint density at radius 2 is 2.00 bits per heavy atom. The number of anilines is 1. The zero-order valence-electron chi connectivity index (χ0n) is 12.1. The van der Waals surface area contributed by atoms with Crippen molar-refractivity contribution in [1.82, 2.24) is 9.97 Å². The van der Waals surface area contributed by atoms with Gasteiger partial charge in [0, 0.05) is 6.07 Å². The van der Waals surface area contributed by atoms with Crippen LogP contribution in [0.1, 0.15) is 5.56 Å². The number of benzene rings is 1. The van der Waals surface area contributed by atoms with Crippen molar-refractivity contribution in [1.29, 1.82) is 0 Å². The molecule has 0 spiro atoms. The summed E-state index contributed by atoms with van der Waals surface area (Å²) in [4.78, 5) is 28.7. The molecule has 0 aliphatic heterocycles. The van der Waals surface area contributed by atoms with E-state index in [1.807, 2.05) is 6.92 Å². The molecule has 1 heterocycles. The Balaban J connectivity index is 2.26. The van der Waals surface area contributed by atoms with Crippen molar-refractivity contribution >= 4 is 33.5 Å². The van der Waals surface area contributed by atoms with Crippen molar-refractivity contribution in [3.8, 4) is 0 Å². The van der Waals surface area contributed by atoms with E-state index in [1.54, 1.807) is 12.1 Å². The van der Waals surface area contributed by atoms with Gasteiger partial charge < -0.3 is 10.7 Å². The SMILES string of the molecule is Cc1ccc(S(=O)(=O)Nc2cc(=O)[nH]c(SCC(N)=O)n2)cc1. The van der Waals surface area contributed by atoms with Crippen LogP contribution in [0.5, 0.6) is 0 Å². The van der Waals surface area contributed by atoms with Crippen LogP contribution in [-0.4, -0.2) is 30.0 Å². The lowest BCUT2D eigenvalue weighted by Gasteiger charge is -2.08. The van der Waals surface area contributed by atoms with E-state index >= 15 is 0 Å². The second kappa shape index (κ2) is 6.84. The van der Waals surface area contributed by atoms with E-state index in [1.165, 1.54) is 12.1 Å². The Bertz CT molecular complexity index is 876. The lowest BCUT2D eigenvalue weighted by Crippen LogP contribution is -2.18. The number of amides is 1. The maximum absolute atomic E-state index is 12.3. The summed E-state index contributed by atoms with van der Waals surface area (Å²) in [5.74, 6) is -0.804. The van der Waals surface area contributed by atoms with E-state index in [4.69, 9.17) is 5.73 Å². The molecule has 1 aromatic heterocycles. The number of primary amides is 1. The molecule has 4 N–H and O–H groups in total. The molecule has 1 amide bonds. The molecular weight excluding hydrogens is 340 g/mol. The van der Waals surface area contributed by atoms with Gasteiger partial charge in [-0.1, -0.05) is 29.5 Å². The normalized spacial score (nSPS) is 11.2. The quantitative estimate of drug-likeness (QED) is 0.509. The van der Waals surface area contributed by atoms with E-state index in [9.17, 15) is 18.0 Å². The molecule has 0 radical (unpaired) electrons. The second-order valence-corrected chi connectivity index (χ2v) is 7.26. The zero-order valence-corrected chi connectivity index (χ0v) is 13.7. The van der Waals surface area contributed by atoms with Crippen molar-refractivity contribution in [2.75, 3.05) is 10.5 Å². The number of hydrogen-bond donors (Lipinski definition) is 3. The molecule has 1 aromatic carbocycles. The minimum Gasteiger partial charge on any atom is -0.369 e. The third kappa shape index (κ3) is 4.83. The number of aromatic amines is 1. The predicted octanol–water partition coefficient (Wildman–Crippen LogP) is 0.457. The van der Waals surface area contributed by atoms with Gasteiger partial charge in [0.1, 0.15) is 5.82 Å². The van der Waals surface area contributed by atoms with Gasteiger partial charge in [0.25, 0.3) is 15.6 Å². The molecule has 2 rings (SSSR count). The first-order valence-corrected chi connectivity index (χ1v) is 8.85. The average molecular weight is 354 g/mol. The van der Waals surface area contributed by atoms with Gasteiger partial charge in [-0.15, -0.1) is 0 Å². The minimum absolute atomic E-state index is 0.0523. The molecule has 23 heavy (non-hydrogen) atoms. The molecule has 0 bridgehead atoms. The van der Waals surface area contributed by atoms with Gasteiger partial charge in [0.2, 0.25) is 5.91 Å². The molecule has 122 valence electrons. The number of nitrogens with one attached hydrogen (secondary N) is 2. The minimum atomic E-state index is -3.86. The van der Waals surface area contributed by atoms with Gasteiger partial charge in [-0.3, -0.25) is 14.3 Å². The fourth-order valence-electron chi connectivity index (χ4n) is 1.61. The highest BCUT2D eigenvalue weighted by Crippen LogP contribution is 2.16. The number of rotatable bonds is 6. The number of H-pyrrole nitrogens is 1. The molecule has 0 unspecified atom stereocenters. The second-order valence-electron chi connectivity index (χ2n) is 4.61. The molecular formula is C13H14N4O4S2. The highest BCUT2D eigenvalue weighted by atomic mass is 32.2. The van der Waals surface area contributed by atoms with E-state index in [-0.39, 0.29) is 21.6 Å². The smallest absolute Gasteiger partial charge is 0.263 e. The molecule has 0 saturated carbocycles. The van der Waals surface area contributed by atoms with Crippen LogP contribution in [0.15, 0.2) is 45.2 Å². The van der Waals surface area contributed by atoms with Crippen LogP contribution in [0.2, 0.25) is 0 Å². The van der Waals surface area contributed by atoms with E-state index in [0.29, 0.717) is 0 Å². The van der Waals surface area contributed by atoms with Crippen LogP contribution in [-0.2, 0) is 14.8 Å². The number of carbonyl (C=O) groups is 1. The third-order valence-corrected chi connectivity index (χ3v) is 4.91. The molecule has 0 atom stereocenters. The van der Waals surface area contributed by atoms with Crippen molar-refractivity contribution in [2.24, 2.45) is 5.73 Å².